The lowest BCUT2D eigenvalue weighted by Crippen LogP contribution is -2.31. The Morgan fingerprint density at radius 2 is 2.07 bits per heavy atom. The number of anilines is 1. The van der Waals surface area contributed by atoms with Gasteiger partial charge < -0.3 is 24.1 Å². The molecule has 2 fully saturated rings. The van der Waals surface area contributed by atoms with Crippen LogP contribution in [0.4, 0.5) is 10.7 Å². The first-order chi connectivity index (χ1) is 14.0. The van der Waals surface area contributed by atoms with Crippen LogP contribution in [0.1, 0.15) is 40.8 Å². The van der Waals surface area contributed by atoms with E-state index in [1.54, 1.807) is 34.6 Å². The van der Waals surface area contributed by atoms with E-state index in [0.29, 0.717) is 0 Å². The minimum Gasteiger partial charge on any atom is -0.444 e. The molecule has 2 aliphatic rings. The molecule has 3 N–H and O–H groups in total. The molecule has 0 bridgehead atoms. The summed E-state index contributed by atoms with van der Waals surface area (Å²) in [6, 6.07) is 0. The molecule has 12 heteroatoms. The molecule has 12 nitrogen and oxygen atoms in total. The fourth-order valence-electron chi connectivity index (χ4n) is 3.60. The van der Waals surface area contributed by atoms with E-state index in [9.17, 15) is 14.7 Å². The normalized spacial score (nSPS) is 27.9. The third-order valence-electron chi connectivity index (χ3n) is 4.63. The van der Waals surface area contributed by atoms with E-state index in [0.717, 1.165) is 0 Å². The molecule has 0 aliphatic carbocycles. The third kappa shape index (κ3) is 3.78. The smallest absolute Gasteiger partial charge is 0.414 e. The van der Waals surface area contributed by atoms with E-state index in [1.807, 2.05) is 0 Å². The summed E-state index contributed by atoms with van der Waals surface area (Å²) in [5.41, 5.74) is -1.01. The number of carbonyl (C=O) groups excluding carboxylic acids is 1. The molecule has 0 spiro atoms. The van der Waals surface area contributed by atoms with E-state index < -0.39 is 47.6 Å². The van der Waals surface area contributed by atoms with E-state index in [4.69, 9.17) is 18.9 Å². The number of hydrogen-bond acceptors (Lipinski definition) is 9. The summed E-state index contributed by atoms with van der Waals surface area (Å²) in [6.07, 6.45) is -1.74. The second-order valence-corrected chi connectivity index (χ2v) is 8.68. The highest BCUT2D eigenvalue weighted by Gasteiger charge is 2.56. The summed E-state index contributed by atoms with van der Waals surface area (Å²) in [5.74, 6) is -0.948. The minimum absolute atomic E-state index is 0.0653. The van der Waals surface area contributed by atoms with E-state index >= 15 is 0 Å². The number of imidazole rings is 1. The van der Waals surface area contributed by atoms with Crippen molar-refractivity contribution in [1.82, 2.24) is 19.5 Å². The van der Waals surface area contributed by atoms with Gasteiger partial charge in [0.25, 0.3) is 5.56 Å². The van der Waals surface area contributed by atoms with Crippen molar-refractivity contribution in [2.24, 2.45) is 0 Å². The molecule has 2 aromatic rings. The minimum atomic E-state index is -0.852. The second kappa shape index (κ2) is 7.01. The zero-order valence-electron chi connectivity index (χ0n) is 17.3. The number of hydrogen-bond donors (Lipinski definition) is 3. The molecule has 1 amide bonds. The summed E-state index contributed by atoms with van der Waals surface area (Å²) in [4.78, 5) is 35.4. The van der Waals surface area contributed by atoms with E-state index in [-0.39, 0.29) is 23.7 Å². The van der Waals surface area contributed by atoms with Crippen LogP contribution < -0.4 is 10.9 Å². The number of aliphatic hydroxyl groups is 1. The van der Waals surface area contributed by atoms with Crippen molar-refractivity contribution in [2.45, 2.75) is 70.5 Å². The molecule has 0 unspecified atom stereocenters. The van der Waals surface area contributed by atoms with Gasteiger partial charge in [0.05, 0.1) is 12.9 Å². The van der Waals surface area contributed by atoms with Crippen LogP contribution in [0.2, 0.25) is 0 Å². The second-order valence-electron chi connectivity index (χ2n) is 8.68. The first-order valence-corrected chi connectivity index (χ1v) is 9.56. The number of aromatic nitrogens is 4. The standard InChI is InChI=1S/C18H25N5O7/c1-17(2,3)30-16(26)22-15-20-12-9(13(25)21-15)19-7-23(12)14-11-10(8(6-24)27-14)28-18(4,5)29-11/h7-8,10-11,14,24H,6H2,1-5H3,(H2,20,21,22,25,26)/t8-,10-,11-,14-/m1/s1. The summed E-state index contributed by atoms with van der Waals surface area (Å²) >= 11 is 0. The van der Waals surface area contributed by atoms with Gasteiger partial charge in [-0.1, -0.05) is 0 Å². The van der Waals surface area contributed by atoms with E-state index in [2.05, 4.69) is 20.3 Å². The first-order valence-electron chi connectivity index (χ1n) is 9.56. The third-order valence-corrected chi connectivity index (χ3v) is 4.63. The van der Waals surface area contributed by atoms with Gasteiger partial charge in [-0.15, -0.1) is 0 Å². The van der Waals surface area contributed by atoms with Crippen LogP contribution in [0.5, 0.6) is 0 Å². The van der Waals surface area contributed by atoms with Crippen LogP contribution in [0, 0.1) is 0 Å². The Hall–Kier alpha value is -2.54. The van der Waals surface area contributed by atoms with Gasteiger partial charge in [0.1, 0.15) is 23.9 Å². The van der Waals surface area contributed by atoms with Crippen LogP contribution in [0.15, 0.2) is 11.1 Å². The highest BCUT2D eigenvalue weighted by atomic mass is 16.8. The predicted octanol–water partition coefficient (Wildman–Crippen LogP) is 0.876. The number of fused-ring (bicyclic) bond motifs is 2. The van der Waals surface area contributed by atoms with Crippen molar-refractivity contribution in [3.8, 4) is 0 Å². The van der Waals surface area contributed by atoms with Crippen molar-refractivity contribution in [1.29, 1.82) is 0 Å². The molecule has 0 saturated carbocycles. The van der Waals surface area contributed by atoms with Gasteiger partial charge in [-0.25, -0.2) is 9.78 Å². The van der Waals surface area contributed by atoms with Crippen molar-refractivity contribution < 1.29 is 28.8 Å². The Balaban J connectivity index is 1.68. The fourth-order valence-corrected chi connectivity index (χ4v) is 3.60. The highest BCUT2D eigenvalue weighted by molar-refractivity contribution is 5.83. The average Bonchev–Trinajstić information content (AvgIpc) is 3.23. The van der Waals surface area contributed by atoms with Crippen molar-refractivity contribution in [3.05, 3.63) is 16.7 Å². The highest BCUT2D eigenvalue weighted by Crippen LogP contribution is 2.43. The fraction of sp³-hybridized carbons (Fsp3) is 0.667. The van der Waals surface area contributed by atoms with Gasteiger partial charge in [0.15, 0.2) is 23.2 Å². The number of amides is 1. The topological polar surface area (TPSA) is 150 Å². The average molecular weight is 423 g/mol. The summed E-state index contributed by atoms with van der Waals surface area (Å²) < 4.78 is 24.4. The van der Waals surface area contributed by atoms with Gasteiger partial charge >= 0.3 is 6.09 Å². The molecule has 4 rings (SSSR count). The van der Waals surface area contributed by atoms with Gasteiger partial charge in [0, 0.05) is 0 Å². The molecule has 2 saturated heterocycles. The van der Waals surface area contributed by atoms with Crippen LogP contribution in [-0.4, -0.2) is 67.0 Å². The van der Waals surface area contributed by atoms with Crippen molar-refractivity contribution in [2.75, 3.05) is 11.9 Å². The van der Waals surface area contributed by atoms with E-state index in [1.165, 1.54) is 10.9 Å². The zero-order chi connectivity index (χ0) is 21.8. The van der Waals surface area contributed by atoms with Gasteiger partial charge in [-0.2, -0.15) is 4.98 Å². The first kappa shape index (κ1) is 20.7. The number of aromatic amines is 1. The predicted molar refractivity (Wildman–Crippen MR) is 103 cm³/mol. The summed E-state index contributed by atoms with van der Waals surface area (Å²) in [6.45, 7) is 8.44. The molecular weight excluding hydrogens is 398 g/mol. The van der Waals surface area contributed by atoms with Gasteiger partial charge in [-0.3, -0.25) is 19.7 Å². The van der Waals surface area contributed by atoms with Crippen LogP contribution in [0.3, 0.4) is 0 Å². The molecule has 0 aromatic carbocycles. The number of aliphatic hydroxyl groups excluding tert-OH is 1. The monoisotopic (exact) mass is 423 g/mol. The van der Waals surface area contributed by atoms with Crippen LogP contribution in [-0.2, 0) is 18.9 Å². The number of nitrogens with zero attached hydrogens (tertiary/aromatic N) is 3. The summed E-state index contributed by atoms with van der Waals surface area (Å²) in [7, 11) is 0. The Morgan fingerprint density at radius 1 is 1.37 bits per heavy atom. The molecular formula is C18H25N5O7. The quantitative estimate of drug-likeness (QED) is 0.653. The Morgan fingerprint density at radius 3 is 2.73 bits per heavy atom. The Labute approximate surface area is 171 Å². The van der Waals surface area contributed by atoms with Crippen LogP contribution >= 0.6 is 0 Å². The van der Waals surface area contributed by atoms with Gasteiger partial charge in [-0.05, 0) is 34.6 Å². The molecule has 0 radical (unpaired) electrons. The maximum absolute atomic E-state index is 12.4. The number of carbonyl (C=O) groups is 1. The Bertz CT molecular complexity index is 1020. The van der Waals surface area contributed by atoms with Crippen molar-refractivity contribution >= 4 is 23.2 Å². The molecule has 164 valence electrons. The van der Waals surface area contributed by atoms with Gasteiger partial charge in [0.2, 0.25) is 5.95 Å². The maximum Gasteiger partial charge on any atom is 0.414 e. The Kier molecular flexibility index (Phi) is 4.84. The number of rotatable bonds is 3. The molecule has 2 aromatic heterocycles. The zero-order valence-corrected chi connectivity index (χ0v) is 17.3. The molecule has 4 heterocycles. The summed E-state index contributed by atoms with van der Waals surface area (Å²) in [5, 5.41) is 12.1. The van der Waals surface area contributed by atoms with Crippen LogP contribution in [0.25, 0.3) is 11.2 Å². The number of nitrogens with one attached hydrogen (secondary N) is 2. The lowest BCUT2D eigenvalue weighted by Gasteiger charge is -2.24. The molecule has 30 heavy (non-hydrogen) atoms. The largest absolute Gasteiger partial charge is 0.444 e. The lowest BCUT2D eigenvalue weighted by atomic mass is 10.1. The SMILES string of the molecule is CC(C)(C)OC(=O)Nc1nc2c(ncn2[C@@H]2O[C@H](CO)[C@H]3OC(C)(C)O[C@H]32)c(=O)[nH]1. The number of H-pyrrole nitrogens is 1. The number of ether oxygens (including phenoxy) is 4. The lowest BCUT2D eigenvalue weighted by molar-refractivity contribution is -0.199. The van der Waals surface area contributed by atoms with Crippen molar-refractivity contribution in [3.63, 3.8) is 0 Å². The molecule has 4 atom stereocenters. The molecule has 2 aliphatic heterocycles. The maximum atomic E-state index is 12.4.